The number of ether oxygens (including phenoxy) is 2. The maximum absolute atomic E-state index is 12.5. The van der Waals surface area contributed by atoms with Crippen LogP contribution < -0.4 is 10.2 Å². The third kappa shape index (κ3) is 5.46. The second-order valence-corrected chi connectivity index (χ2v) is 10.4. The molecule has 4 aromatic carbocycles. The number of piperazine rings is 1. The normalized spacial score (nSPS) is 19.7. The summed E-state index contributed by atoms with van der Waals surface area (Å²) in [6.07, 6.45) is -0.790. The molecule has 0 unspecified atom stereocenters. The Balaban J connectivity index is 1.22. The summed E-state index contributed by atoms with van der Waals surface area (Å²) in [7, 11) is 0. The summed E-state index contributed by atoms with van der Waals surface area (Å²) in [6.45, 7) is 4.73. The summed E-state index contributed by atoms with van der Waals surface area (Å²) >= 11 is 0. The van der Waals surface area contributed by atoms with E-state index in [2.05, 4.69) is 75.8 Å². The van der Waals surface area contributed by atoms with Gasteiger partial charge in [-0.15, -0.1) is 0 Å². The van der Waals surface area contributed by atoms with Crippen molar-refractivity contribution in [1.29, 1.82) is 0 Å². The molecule has 204 valence electrons. The van der Waals surface area contributed by atoms with Crippen LogP contribution in [0.4, 0.5) is 10.5 Å². The fourth-order valence-corrected chi connectivity index (χ4v) is 5.89. The minimum Gasteiger partial charge on any atom is -0.442 e. The van der Waals surface area contributed by atoms with E-state index in [1.807, 2.05) is 60.7 Å². The van der Waals surface area contributed by atoms with E-state index in [4.69, 9.17) is 9.47 Å². The molecule has 0 saturated carbocycles. The number of para-hydroxylation sites is 1. The number of alkyl carbamates (subject to hydrolysis) is 1. The number of rotatable bonds is 9. The number of amides is 1. The third-order valence-electron chi connectivity index (χ3n) is 7.96. The molecule has 0 radical (unpaired) electrons. The summed E-state index contributed by atoms with van der Waals surface area (Å²) in [5, 5.41) is 3.05. The van der Waals surface area contributed by atoms with Gasteiger partial charge >= 0.3 is 6.09 Å². The molecule has 2 saturated heterocycles. The average Bonchev–Trinajstić information content (AvgIpc) is 3.38. The smallest absolute Gasteiger partial charge is 0.407 e. The topological polar surface area (TPSA) is 54.0 Å². The highest BCUT2D eigenvalue weighted by atomic mass is 16.6. The Morgan fingerprint density at radius 2 is 1.18 bits per heavy atom. The van der Waals surface area contributed by atoms with Gasteiger partial charge in [0.1, 0.15) is 11.7 Å². The highest BCUT2D eigenvalue weighted by Gasteiger charge is 2.42. The second kappa shape index (κ2) is 11.9. The van der Waals surface area contributed by atoms with Gasteiger partial charge in [-0.2, -0.15) is 0 Å². The lowest BCUT2D eigenvalue weighted by atomic mass is 9.80. The van der Waals surface area contributed by atoms with E-state index < -0.39 is 11.7 Å². The Morgan fingerprint density at radius 1 is 0.700 bits per heavy atom. The highest BCUT2D eigenvalue weighted by molar-refractivity contribution is 5.70. The van der Waals surface area contributed by atoms with Crippen LogP contribution >= 0.6 is 0 Å². The highest BCUT2D eigenvalue weighted by Crippen LogP contribution is 2.40. The van der Waals surface area contributed by atoms with Gasteiger partial charge in [-0.05, 0) is 28.8 Å². The number of carbonyl (C=O) groups is 1. The number of benzene rings is 4. The van der Waals surface area contributed by atoms with E-state index in [0.29, 0.717) is 0 Å². The minimum atomic E-state index is -0.857. The van der Waals surface area contributed by atoms with Crippen LogP contribution in [0.15, 0.2) is 121 Å². The van der Waals surface area contributed by atoms with Crippen LogP contribution in [0.25, 0.3) is 0 Å². The van der Waals surface area contributed by atoms with Crippen LogP contribution in [0, 0.1) is 0 Å². The molecular weight excluding hydrogens is 498 g/mol. The first-order valence-corrected chi connectivity index (χ1v) is 14.0. The Bertz CT molecular complexity index is 1260. The SMILES string of the molecule is O=C1N[C@H](CN2CCN(c3ccccc3)CC2)[C@@H](COC(c2ccccc2)(c2ccccc2)c2ccccc2)O1. The molecule has 2 fully saturated rings. The number of carbonyl (C=O) groups excluding carboxylic acids is 1. The van der Waals surface area contributed by atoms with Crippen molar-refractivity contribution in [3.8, 4) is 0 Å². The second-order valence-electron chi connectivity index (χ2n) is 10.4. The third-order valence-corrected chi connectivity index (χ3v) is 7.96. The van der Waals surface area contributed by atoms with E-state index in [1.165, 1.54) is 5.69 Å². The van der Waals surface area contributed by atoms with Crippen molar-refractivity contribution in [2.24, 2.45) is 0 Å². The number of cyclic esters (lactones) is 1. The van der Waals surface area contributed by atoms with Gasteiger partial charge in [-0.3, -0.25) is 4.90 Å². The summed E-state index contributed by atoms with van der Waals surface area (Å²) in [6, 6.07) is 41.2. The molecule has 1 N–H and O–H groups in total. The molecule has 6 rings (SSSR count). The predicted octanol–water partition coefficient (Wildman–Crippen LogP) is 5.29. The molecule has 4 aromatic rings. The first kappa shape index (κ1) is 26.1. The number of nitrogens with one attached hydrogen (secondary N) is 1. The van der Waals surface area contributed by atoms with Crippen molar-refractivity contribution in [1.82, 2.24) is 10.2 Å². The van der Waals surface area contributed by atoms with Gasteiger partial charge < -0.3 is 19.7 Å². The zero-order chi connectivity index (χ0) is 27.2. The van der Waals surface area contributed by atoms with E-state index in [1.54, 1.807) is 0 Å². The fourth-order valence-electron chi connectivity index (χ4n) is 5.89. The number of anilines is 1. The molecule has 1 amide bonds. The lowest BCUT2D eigenvalue weighted by molar-refractivity contribution is -0.0384. The van der Waals surface area contributed by atoms with Crippen LogP contribution in [0.2, 0.25) is 0 Å². The maximum atomic E-state index is 12.5. The molecule has 0 aromatic heterocycles. The first-order chi connectivity index (χ1) is 19.7. The average molecular weight is 534 g/mol. The van der Waals surface area contributed by atoms with Gasteiger partial charge in [0.2, 0.25) is 0 Å². The van der Waals surface area contributed by atoms with Crippen molar-refractivity contribution < 1.29 is 14.3 Å². The van der Waals surface area contributed by atoms with Gasteiger partial charge in [0.25, 0.3) is 0 Å². The molecule has 40 heavy (non-hydrogen) atoms. The predicted molar refractivity (Wildman–Crippen MR) is 157 cm³/mol. The largest absolute Gasteiger partial charge is 0.442 e. The van der Waals surface area contributed by atoms with Crippen molar-refractivity contribution in [3.05, 3.63) is 138 Å². The molecule has 6 nitrogen and oxygen atoms in total. The van der Waals surface area contributed by atoms with Crippen LogP contribution in [-0.4, -0.2) is 62.5 Å². The van der Waals surface area contributed by atoms with Gasteiger partial charge in [0, 0.05) is 38.4 Å². The number of nitrogens with zero attached hydrogens (tertiary/aromatic N) is 2. The van der Waals surface area contributed by atoms with E-state index in [0.717, 1.165) is 49.4 Å². The zero-order valence-corrected chi connectivity index (χ0v) is 22.6. The zero-order valence-electron chi connectivity index (χ0n) is 22.6. The fraction of sp³-hybridized carbons (Fsp3) is 0.265. The molecule has 2 heterocycles. The molecule has 0 bridgehead atoms. The summed E-state index contributed by atoms with van der Waals surface area (Å²) in [5.41, 5.74) is 3.48. The number of hydrogen-bond donors (Lipinski definition) is 1. The van der Waals surface area contributed by atoms with Crippen LogP contribution in [-0.2, 0) is 15.1 Å². The Labute approximate surface area is 236 Å². The Kier molecular flexibility index (Phi) is 7.80. The summed E-state index contributed by atoms with van der Waals surface area (Å²) in [4.78, 5) is 17.3. The Hall–Kier alpha value is -4.13. The maximum Gasteiger partial charge on any atom is 0.407 e. The van der Waals surface area contributed by atoms with Crippen LogP contribution in [0.3, 0.4) is 0 Å². The first-order valence-electron chi connectivity index (χ1n) is 14.0. The van der Waals surface area contributed by atoms with E-state index >= 15 is 0 Å². The molecule has 0 spiro atoms. The summed E-state index contributed by atoms with van der Waals surface area (Å²) in [5.74, 6) is 0. The van der Waals surface area contributed by atoms with Gasteiger partial charge in [0.15, 0.2) is 0 Å². The number of hydrogen-bond acceptors (Lipinski definition) is 5. The lowest BCUT2D eigenvalue weighted by Gasteiger charge is -2.38. The standard InChI is InChI=1S/C34H35N3O3/c38-33-35-31(25-36-21-23-37(24-22-36)30-19-11-4-12-20-30)32(40-33)26-39-34(27-13-5-1-6-14-27,28-15-7-2-8-16-28)29-17-9-3-10-18-29/h1-20,31-32H,21-26H2,(H,35,38)/t31-,32-/m1/s1. The molecule has 2 aliphatic heterocycles. The Morgan fingerprint density at radius 3 is 1.68 bits per heavy atom. The molecule has 2 aliphatic rings. The lowest BCUT2D eigenvalue weighted by Crippen LogP contribution is -2.52. The molecular formula is C34H35N3O3. The monoisotopic (exact) mass is 533 g/mol. The van der Waals surface area contributed by atoms with Crippen molar-refractivity contribution >= 4 is 11.8 Å². The minimum absolute atomic E-state index is 0.157. The van der Waals surface area contributed by atoms with Crippen molar-refractivity contribution in [2.45, 2.75) is 17.7 Å². The van der Waals surface area contributed by atoms with Gasteiger partial charge in [-0.25, -0.2) is 4.79 Å². The van der Waals surface area contributed by atoms with Crippen LogP contribution in [0.1, 0.15) is 16.7 Å². The molecule has 6 heteroatoms. The molecule has 2 atom stereocenters. The van der Waals surface area contributed by atoms with Crippen LogP contribution in [0.5, 0.6) is 0 Å². The van der Waals surface area contributed by atoms with Gasteiger partial charge in [-0.1, -0.05) is 109 Å². The van der Waals surface area contributed by atoms with E-state index in [9.17, 15) is 4.79 Å². The van der Waals surface area contributed by atoms with Crippen molar-refractivity contribution in [2.75, 3.05) is 44.2 Å². The van der Waals surface area contributed by atoms with Gasteiger partial charge in [0.05, 0.1) is 12.6 Å². The van der Waals surface area contributed by atoms with E-state index in [-0.39, 0.29) is 18.7 Å². The van der Waals surface area contributed by atoms with Crippen molar-refractivity contribution in [3.63, 3.8) is 0 Å². The summed E-state index contributed by atoms with van der Waals surface area (Å²) < 4.78 is 12.8. The molecule has 0 aliphatic carbocycles. The quantitative estimate of drug-likeness (QED) is 0.296.